The third-order valence-corrected chi connectivity index (χ3v) is 9.38. The van der Waals surface area contributed by atoms with Crippen LogP contribution in [-0.4, -0.2) is 57.7 Å². The minimum Gasteiger partial charge on any atom is -0.505 e. The molecule has 0 spiro atoms. The van der Waals surface area contributed by atoms with Gasteiger partial charge in [-0.1, -0.05) is 41.3 Å². The number of thioether (sulfide) groups is 1. The first-order valence-corrected chi connectivity index (χ1v) is 15.3. The summed E-state index contributed by atoms with van der Waals surface area (Å²) in [6.45, 7) is 1.71. The summed E-state index contributed by atoms with van der Waals surface area (Å²) < 4.78 is 32.1. The molecule has 1 aliphatic heterocycles. The zero-order chi connectivity index (χ0) is 31.8. The summed E-state index contributed by atoms with van der Waals surface area (Å²) in [7, 11) is 4.37. The largest absolute Gasteiger partial charge is 0.505 e. The number of rotatable bonds is 9. The standard InChI is InChI=1S/C31H26FN5O6S2/c1-16-24(36-12-6-5-7-22(36)33-16)26(38)23-25(18-13-20(41-2)28(43-4)21(14-18)42-3)37(29(40)27(23)39)30-34-35-31(45-30)44-15-17-8-10-19(32)11-9-17/h5-14,25,38H,15H2,1-4H3. The van der Waals surface area contributed by atoms with E-state index in [0.717, 1.165) is 16.9 Å². The molecule has 1 N–H and O–H groups in total. The number of aliphatic hydroxyl groups excluding tert-OH is 1. The predicted octanol–water partition coefficient (Wildman–Crippen LogP) is 5.58. The lowest BCUT2D eigenvalue weighted by atomic mass is 9.95. The van der Waals surface area contributed by atoms with Crippen LogP contribution < -0.4 is 19.1 Å². The van der Waals surface area contributed by atoms with Crippen LogP contribution in [0.15, 0.2) is 70.7 Å². The highest BCUT2D eigenvalue weighted by Crippen LogP contribution is 2.48. The van der Waals surface area contributed by atoms with Crippen molar-refractivity contribution in [1.29, 1.82) is 0 Å². The summed E-state index contributed by atoms with van der Waals surface area (Å²) in [5.74, 6) is -1.16. The van der Waals surface area contributed by atoms with E-state index in [2.05, 4.69) is 15.2 Å². The Kier molecular flexibility index (Phi) is 8.16. The molecule has 11 nitrogen and oxygen atoms in total. The molecule has 1 unspecified atom stereocenters. The maximum atomic E-state index is 13.8. The van der Waals surface area contributed by atoms with Crippen LogP contribution in [0.3, 0.4) is 0 Å². The molecule has 2 aromatic carbocycles. The fourth-order valence-electron chi connectivity index (χ4n) is 5.21. The molecule has 6 rings (SSSR count). The first kappa shape index (κ1) is 30.1. The summed E-state index contributed by atoms with van der Waals surface area (Å²) in [5.41, 5.74) is 2.39. The van der Waals surface area contributed by atoms with Crippen LogP contribution >= 0.6 is 23.1 Å². The fourth-order valence-corrected chi connectivity index (χ4v) is 7.04. The summed E-state index contributed by atoms with van der Waals surface area (Å²) in [6, 6.07) is 13.5. The lowest BCUT2D eigenvalue weighted by Crippen LogP contribution is -2.29. The molecule has 3 aromatic heterocycles. The number of pyridine rings is 1. The smallest absolute Gasteiger partial charge is 0.301 e. The Balaban J connectivity index is 1.50. The molecule has 5 aromatic rings. The Morgan fingerprint density at radius 1 is 1.02 bits per heavy atom. The van der Waals surface area contributed by atoms with Crippen molar-refractivity contribution in [1.82, 2.24) is 19.6 Å². The van der Waals surface area contributed by atoms with Gasteiger partial charge in [0.1, 0.15) is 17.2 Å². The van der Waals surface area contributed by atoms with Gasteiger partial charge in [0.2, 0.25) is 10.9 Å². The number of fused-ring (bicyclic) bond motifs is 1. The third kappa shape index (κ3) is 5.36. The van der Waals surface area contributed by atoms with Gasteiger partial charge in [0.05, 0.1) is 38.6 Å². The highest BCUT2D eigenvalue weighted by atomic mass is 32.2. The van der Waals surface area contributed by atoms with Crippen LogP contribution in [0.1, 0.15) is 28.6 Å². The normalized spacial score (nSPS) is 16.0. The summed E-state index contributed by atoms with van der Waals surface area (Å²) in [5, 5.41) is 20.5. The van der Waals surface area contributed by atoms with Crippen LogP contribution in [-0.2, 0) is 15.3 Å². The number of nitrogens with zero attached hydrogens (tertiary/aromatic N) is 5. The molecule has 1 fully saturated rings. The molecule has 1 amide bonds. The van der Waals surface area contributed by atoms with Crippen molar-refractivity contribution in [2.45, 2.75) is 23.1 Å². The van der Waals surface area contributed by atoms with E-state index in [9.17, 15) is 19.1 Å². The molecular weight excluding hydrogens is 622 g/mol. The van der Waals surface area contributed by atoms with Crippen molar-refractivity contribution >= 4 is 51.3 Å². The van der Waals surface area contributed by atoms with Gasteiger partial charge in [0.15, 0.2) is 21.6 Å². The number of Topliss-reactive ketones (excluding diaryl/α,β-unsaturated/α-hetero) is 1. The Morgan fingerprint density at radius 2 is 1.73 bits per heavy atom. The van der Waals surface area contributed by atoms with Gasteiger partial charge in [0, 0.05) is 11.9 Å². The van der Waals surface area contributed by atoms with E-state index < -0.39 is 23.5 Å². The molecule has 1 aliphatic rings. The molecular formula is C31H26FN5O6S2. The molecule has 0 aliphatic carbocycles. The van der Waals surface area contributed by atoms with Crippen LogP contribution in [0.4, 0.5) is 9.52 Å². The number of aryl methyl sites for hydroxylation is 1. The van der Waals surface area contributed by atoms with E-state index in [4.69, 9.17) is 14.2 Å². The Bertz CT molecular complexity index is 1950. The van der Waals surface area contributed by atoms with Crippen LogP contribution in [0, 0.1) is 12.7 Å². The van der Waals surface area contributed by atoms with Gasteiger partial charge in [-0.3, -0.25) is 18.9 Å². The predicted molar refractivity (Wildman–Crippen MR) is 167 cm³/mol. The van der Waals surface area contributed by atoms with Gasteiger partial charge in [-0.2, -0.15) is 0 Å². The van der Waals surface area contributed by atoms with Crippen molar-refractivity contribution in [3.63, 3.8) is 0 Å². The van der Waals surface area contributed by atoms with E-state index >= 15 is 0 Å². The highest BCUT2D eigenvalue weighted by molar-refractivity contribution is 8.00. The molecule has 0 bridgehead atoms. The SMILES string of the molecule is COc1cc(C2C(=C(O)c3c(C)nc4ccccn34)C(=O)C(=O)N2c2nnc(SCc3ccc(F)cc3)s2)cc(OC)c1OC. The molecule has 14 heteroatoms. The molecule has 1 saturated heterocycles. The molecule has 230 valence electrons. The first-order valence-electron chi connectivity index (χ1n) is 13.5. The number of carbonyl (C=O) groups is 2. The van der Waals surface area contributed by atoms with Gasteiger partial charge in [-0.05, 0) is 54.4 Å². The number of ketones is 1. The number of amides is 1. The number of benzene rings is 2. The van der Waals surface area contributed by atoms with Crippen molar-refractivity contribution in [3.8, 4) is 17.2 Å². The minimum absolute atomic E-state index is 0.145. The lowest BCUT2D eigenvalue weighted by Gasteiger charge is -2.24. The van der Waals surface area contributed by atoms with E-state index in [1.54, 1.807) is 53.9 Å². The molecule has 1 atom stereocenters. The van der Waals surface area contributed by atoms with E-state index in [0.29, 0.717) is 32.7 Å². The topological polar surface area (TPSA) is 128 Å². The second kappa shape index (κ2) is 12.2. The summed E-state index contributed by atoms with van der Waals surface area (Å²) in [6.07, 6.45) is 1.71. The zero-order valence-corrected chi connectivity index (χ0v) is 26.1. The van der Waals surface area contributed by atoms with Gasteiger partial charge < -0.3 is 19.3 Å². The quantitative estimate of drug-likeness (QED) is 0.0712. The minimum atomic E-state index is -1.14. The number of hydrogen-bond acceptors (Lipinski definition) is 11. The second-order valence-electron chi connectivity index (χ2n) is 9.87. The monoisotopic (exact) mass is 647 g/mol. The van der Waals surface area contributed by atoms with Crippen LogP contribution in [0.2, 0.25) is 0 Å². The number of imidazole rings is 1. The van der Waals surface area contributed by atoms with E-state index in [1.165, 1.54) is 50.1 Å². The van der Waals surface area contributed by atoms with Crippen molar-refractivity contribution < 1.29 is 33.3 Å². The number of aromatic nitrogens is 4. The van der Waals surface area contributed by atoms with Crippen LogP contribution in [0.5, 0.6) is 17.2 Å². The number of aliphatic hydroxyl groups is 1. The van der Waals surface area contributed by atoms with Gasteiger partial charge >= 0.3 is 5.91 Å². The molecule has 0 saturated carbocycles. The van der Waals surface area contributed by atoms with Gasteiger partial charge in [-0.25, -0.2) is 9.37 Å². The lowest BCUT2D eigenvalue weighted by molar-refractivity contribution is -0.132. The second-order valence-corrected chi connectivity index (χ2v) is 12.0. The first-order chi connectivity index (χ1) is 21.7. The average Bonchev–Trinajstić information content (AvgIpc) is 3.73. The van der Waals surface area contributed by atoms with Crippen molar-refractivity contribution in [2.75, 3.05) is 26.2 Å². The summed E-state index contributed by atoms with van der Waals surface area (Å²) in [4.78, 5) is 33.4. The number of methoxy groups -OCH3 is 3. The Labute approximate surface area is 264 Å². The number of hydrogen-bond donors (Lipinski definition) is 1. The molecule has 0 radical (unpaired) electrons. The van der Waals surface area contributed by atoms with Gasteiger partial charge in [-0.15, -0.1) is 10.2 Å². The maximum absolute atomic E-state index is 13.8. The number of halogens is 1. The highest BCUT2D eigenvalue weighted by Gasteiger charge is 2.49. The van der Waals surface area contributed by atoms with Crippen molar-refractivity contribution in [3.05, 3.63) is 94.7 Å². The average molecular weight is 648 g/mol. The Morgan fingerprint density at radius 3 is 2.40 bits per heavy atom. The summed E-state index contributed by atoms with van der Waals surface area (Å²) >= 11 is 2.47. The number of anilines is 1. The maximum Gasteiger partial charge on any atom is 0.301 e. The number of carbonyl (C=O) groups excluding carboxylic acids is 2. The third-order valence-electron chi connectivity index (χ3n) is 7.25. The van der Waals surface area contributed by atoms with E-state index in [-0.39, 0.29) is 33.7 Å². The molecule has 45 heavy (non-hydrogen) atoms. The zero-order valence-electron chi connectivity index (χ0n) is 24.5. The van der Waals surface area contributed by atoms with Crippen molar-refractivity contribution in [2.24, 2.45) is 0 Å². The fraction of sp³-hybridized carbons (Fsp3) is 0.194. The van der Waals surface area contributed by atoms with E-state index in [1.807, 2.05) is 6.07 Å². The Hall–Kier alpha value is -4.95. The van der Waals surface area contributed by atoms with Gasteiger partial charge in [0.25, 0.3) is 5.78 Å². The molecule has 4 heterocycles. The number of ether oxygens (including phenoxy) is 3. The van der Waals surface area contributed by atoms with Crippen LogP contribution in [0.25, 0.3) is 11.4 Å².